The van der Waals surface area contributed by atoms with E-state index >= 15 is 0 Å². The lowest BCUT2D eigenvalue weighted by atomic mass is 10.3. The van der Waals surface area contributed by atoms with Gasteiger partial charge >= 0.3 is 0 Å². The van der Waals surface area contributed by atoms with Crippen molar-refractivity contribution in [3.8, 4) is 0 Å². The van der Waals surface area contributed by atoms with Gasteiger partial charge < -0.3 is 5.11 Å². The molecule has 1 aromatic carbocycles. The molecule has 0 saturated heterocycles. The van der Waals surface area contributed by atoms with E-state index in [2.05, 4.69) is 15.2 Å². The minimum absolute atomic E-state index is 0.273. The van der Waals surface area contributed by atoms with Crippen LogP contribution < -0.4 is 0 Å². The van der Waals surface area contributed by atoms with E-state index in [0.717, 1.165) is 15.2 Å². The summed E-state index contributed by atoms with van der Waals surface area (Å²) in [7, 11) is -3.23. The maximum atomic E-state index is 11.6. The second-order valence-corrected chi connectivity index (χ2v) is 9.88. The van der Waals surface area contributed by atoms with Crippen molar-refractivity contribution >= 4 is 54.5 Å². The smallest absolute Gasteiger partial charge is 0.175 e. The average Bonchev–Trinajstić information content (AvgIpc) is 3.04. The van der Waals surface area contributed by atoms with Crippen LogP contribution in [0.3, 0.4) is 0 Å². The Bertz CT molecular complexity index is 890. The predicted molar refractivity (Wildman–Crippen MR) is 88.2 cm³/mol. The maximum absolute atomic E-state index is 11.6. The molecule has 0 spiro atoms. The normalized spacial score (nSPS) is 13.5. The summed E-state index contributed by atoms with van der Waals surface area (Å²) in [5.74, 6) is 0. The first-order valence-corrected chi connectivity index (χ1v) is 10.6. The third-order valence-corrected chi connectivity index (χ3v) is 6.67. The molecule has 10 heteroatoms. The highest BCUT2D eigenvalue weighted by atomic mass is 32.2. The van der Waals surface area contributed by atoms with Crippen LogP contribution in [-0.2, 0) is 16.3 Å². The van der Waals surface area contributed by atoms with Gasteiger partial charge in [-0.15, -0.1) is 32.9 Å². The molecule has 0 aliphatic rings. The van der Waals surface area contributed by atoms with Gasteiger partial charge in [-0.05, 0) is 18.2 Å². The van der Waals surface area contributed by atoms with Crippen LogP contribution in [0.4, 0.5) is 0 Å². The largest absolute Gasteiger partial charge is 0.382 e. The van der Waals surface area contributed by atoms with Crippen LogP contribution in [0.25, 0.3) is 10.2 Å². The molecule has 1 N–H and O–H groups in total. The molecule has 0 amide bonds. The van der Waals surface area contributed by atoms with Crippen LogP contribution in [0, 0.1) is 0 Å². The second kappa shape index (κ2) is 6.20. The SMILES string of the molecule is CS(=O)(=O)c1ccc2nc(SC(O)Cc3nncs3)sc2c1. The van der Waals surface area contributed by atoms with E-state index in [4.69, 9.17) is 0 Å². The number of rotatable bonds is 5. The molecule has 2 heterocycles. The van der Waals surface area contributed by atoms with E-state index in [-0.39, 0.29) is 4.90 Å². The highest BCUT2D eigenvalue weighted by molar-refractivity contribution is 8.01. The molecule has 0 radical (unpaired) electrons. The van der Waals surface area contributed by atoms with Gasteiger partial charge in [0, 0.05) is 12.7 Å². The zero-order valence-corrected chi connectivity index (χ0v) is 14.6. The predicted octanol–water partition coefficient (Wildman–Crippen LogP) is 2.20. The molecule has 0 aliphatic carbocycles. The molecular weight excluding hydrogens is 362 g/mol. The third-order valence-electron chi connectivity index (χ3n) is 2.76. The number of fused-ring (bicyclic) bond motifs is 1. The molecule has 0 saturated carbocycles. The van der Waals surface area contributed by atoms with Gasteiger partial charge in [-0.2, -0.15) is 0 Å². The molecule has 1 atom stereocenters. The number of hydrogen-bond donors (Lipinski definition) is 1. The second-order valence-electron chi connectivity index (χ2n) is 4.49. The van der Waals surface area contributed by atoms with Gasteiger partial charge in [-0.3, -0.25) is 0 Å². The lowest BCUT2D eigenvalue weighted by Crippen LogP contribution is -2.04. The Hall–Kier alpha value is -1.07. The fourth-order valence-corrected chi connectivity index (χ4v) is 5.31. The quantitative estimate of drug-likeness (QED) is 0.541. The molecule has 3 rings (SSSR count). The number of thioether (sulfide) groups is 1. The Morgan fingerprint density at radius 1 is 1.41 bits per heavy atom. The van der Waals surface area contributed by atoms with Crippen molar-refractivity contribution in [1.82, 2.24) is 15.2 Å². The molecule has 116 valence electrons. The zero-order chi connectivity index (χ0) is 15.7. The Labute approximate surface area is 139 Å². The van der Waals surface area contributed by atoms with E-state index in [0.29, 0.717) is 10.8 Å². The van der Waals surface area contributed by atoms with Gasteiger partial charge in [-0.1, -0.05) is 11.8 Å². The zero-order valence-electron chi connectivity index (χ0n) is 11.3. The third kappa shape index (κ3) is 3.63. The number of thiazole rings is 1. The standard InChI is InChI=1S/C12H11N3O3S4/c1-22(17,18)7-2-3-8-9(4-7)20-12(14-8)21-11(16)5-10-15-13-6-19-10/h2-4,6,11,16H,5H2,1H3. The number of sulfone groups is 1. The fourth-order valence-electron chi connectivity index (χ4n) is 1.76. The minimum atomic E-state index is -3.23. The Kier molecular flexibility index (Phi) is 4.46. The summed E-state index contributed by atoms with van der Waals surface area (Å²) in [6.45, 7) is 0. The van der Waals surface area contributed by atoms with Crippen LogP contribution in [0.1, 0.15) is 5.01 Å². The highest BCUT2D eigenvalue weighted by Gasteiger charge is 2.15. The first kappa shape index (κ1) is 15.8. The molecule has 2 aromatic heterocycles. The number of benzene rings is 1. The molecule has 22 heavy (non-hydrogen) atoms. The van der Waals surface area contributed by atoms with Gasteiger partial charge in [0.05, 0.1) is 15.1 Å². The van der Waals surface area contributed by atoms with Crippen molar-refractivity contribution in [3.05, 3.63) is 28.7 Å². The number of aromatic nitrogens is 3. The monoisotopic (exact) mass is 373 g/mol. The van der Waals surface area contributed by atoms with Crippen molar-refractivity contribution in [3.63, 3.8) is 0 Å². The number of nitrogens with zero attached hydrogens (tertiary/aromatic N) is 3. The van der Waals surface area contributed by atoms with Crippen LogP contribution in [0.15, 0.2) is 32.9 Å². The van der Waals surface area contributed by atoms with E-state index in [9.17, 15) is 13.5 Å². The molecule has 6 nitrogen and oxygen atoms in total. The van der Waals surface area contributed by atoms with E-state index in [1.54, 1.807) is 23.7 Å². The van der Waals surface area contributed by atoms with Gasteiger partial charge in [0.2, 0.25) is 0 Å². The van der Waals surface area contributed by atoms with Gasteiger partial charge in [0.15, 0.2) is 14.2 Å². The van der Waals surface area contributed by atoms with Crippen LogP contribution in [0.2, 0.25) is 0 Å². The lowest BCUT2D eigenvalue weighted by molar-refractivity contribution is 0.263. The fraction of sp³-hybridized carbons (Fsp3) is 0.250. The first-order valence-electron chi connectivity index (χ1n) is 6.12. The van der Waals surface area contributed by atoms with E-state index < -0.39 is 15.3 Å². The molecule has 0 bridgehead atoms. The molecular formula is C12H11N3O3S4. The maximum Gasteiger partial charge on any atom is 0.175 e. The van der Waals surface area contributed by atoms with E-state index in [1.165, 1.54) is 40.7 Å². The molecule has 1 unspecified atom stereocenters. The van der Waals surface area contributed by atoms with Gasteiger partial charge in [-0.25, -0.2) is 13.4 Å². The summed E-state index contributed by atoms with van der Waals surface area (Å²) in [6.07, 6.45) is 1.58. The number of hydrogen-bond acceptors (Lipinski definition) is 9. The average molecular weight is 374 g/mol. The van der Waals surface area contributed by atoms with Crippen molar-refractivity contribution in [1.29, 1.82) is 0 Å². The summed E-state index contributed by atoms with van der Waals surface area (Å²) in [4.78, 5) is 4.67. The van der Waals surface area contributed by atoms with Crippen LogP contribution in [0.5, 0.6) is 0 Å². The summed E-state index contributed by atoms with van der Waals surface area (Å²) < 4.78 is 24.6. The first-order chi connectivity index (χ1) is 10.4. The van der Waals surface area contributed by atoms with Crippen molar-refractivity contribution in [2.45, 2.75) is 21.1 Å². The number of aliphatic hydroxyl groups excluding tert-OH is 1. The lowest BCUT2D eigenvalue weighted by Gasteiger charge is -2.04. The molecule has 3 aromatic rings. The number of aliphatic hydroxyl groups is 1. The van der Waals surface area contributed by atoms with Crippen molar-refractivity contribution in [2.24, 2.45) is 0 Å². The van der Waals surface area contributed by atoms with Crippen LogP contribution >= 0.6 is 34.4 Å². The van der Waals surface area contributed by atoms with Gasteiger partial charge in [0.25, 0.3) is 0 Å². The topological polar surface area (TPSA) is 93.0 Å². The summed E-state index contributed by atoms with van der Waals surface area (Å²) in [5, 5.41) is 18.4. The van der Waals surface area contributed by atoms with Crippen LogP contribution in [-0.4, -0.2) is 40.4 Å². The van der Waals surface area contributed by atoms with Gasteiger partial charge in [0.1, 0.15) is 16.0 Å². The Morgan fingerprint density at radius 2 is 2.23 bits per heavy atom. The van der Waals surface area contributed by atoms with E-state index in [1.807, 2.05) is 0 Å². The summed E-state index contributed by atoms with van der Waals surface area (Å²) in [5.41, 5.74) is 1.68. The Morgan fingerprint density at radius 3 is 2.91 bits per heavy atom. The van der Waals surface area contributed by atoms with Crippen molar-refractivity contribution in [2.75, 3.05) is 6.26 Å². The van der Waals surface area contributed by atoms with Crippen molar-refractivity contribution < 1.29 is 13.5 Å². The minimum Gasteiger partial charge on any atom is -0.382 e. The Balaban J connectivity index is 1.80. The molecule has 0 aliphatic heterocycles. The molecule has 0 fully saturated rings. The summed E-state index contributed by atoms with van der Waals surface area (Å²) >= 11 is 3.99. The highest BCUT2D eigenvalue weighted by Crippen LogP contribution is 2.33. The summed E-state index contributed by atoms with van der Waals surface area (Å²) in [6, 6.07) is 4.84.